The van der Waals surface area contributed by atoms with Gasteiger partial charge in [0.15, 0.2) is 5.96 Å². The Balaban J connectivity index is 1.41. The van der Waals surface area contributed by atoms with Crippen molar-refractivity contribution in [3.63, 3.8) is 0 Å². The van der Waals surface area contributed by atoms with E-state index in [9.17, 15) is 33.9 Å². The van der Waals surface area contributed by atoms with E-state index in [2.05, 4.69) is 24.1 Å². The van der Waals surface area contributed by atoms with E-state index < -0.39 is 54.2 Å². The molecule has 67 heavy (non-hydrogen) atoms. The van der Waals surface area contributed by atoms with Crippen molar-refractivity contribution < 1.29 is 43.3 Å². The molecule has 0 aromatic heterocycles. The summed E-state index contributed by atoms with van der Waals surface area (Å²) in [5.74, 6) is -2.08. The summed E-state index contributed by atoms with van der Waals surface area (Å²) in [6, 6.07) is 6.35. The lowest BCUT2D eigenvalue weighted by molar-refractivity contribution is -0.147. The highest BCUT2D eigenvalue weighted by Crippen LogP contribution is 2.30. The number of unbranched alkanes of at least 4 members (excludes halogenated alkanes) is 2. The molecule has 0 unspecified atom stereocenters. The number of methoxy groups -OCH3 is 2. The van der Waals surface area contributed by atoms with E-state index >= 15 is 0 Å². The molecule has 0 radical (unpaired) electrons. The Morgan fingerprint density at radius 2 is 1.57 bits per heavy atom. The molecule has 3 aliphatic rings. The Hall–Kier alpha value is -5.03. The molecule has 2 fully saturated rings. The zero-order chi connectivity index (χ0) is 49.4. The van der Waals surface area contributed by atoms with Crippen molar-refractivity contribution in [3.05, 3.63) is 48.0 Å². The number of rotatable bonds is 24. The number of carboxylic acid groups (broad SMARTS) is 1. The third-order valence-corrected chi connectivity index (χ3v) is 13.8. The minimum Gasteiger partial charge on any atom is -0.480 e. The van der Waals surface area contributed by atoms with Gasteiger partial charge in [-0.2, -0.15) is 0 Å². The number of carbonyl (C=O) groups is 6. The number of hydrogen-bond donors (Lipinski definition) is 2. The lowest BCUT2D eigenvalue weighted by atomic mass is 9.89. The summed E-state index contributed by atoms with van der Waals surface area (Å²) in [6.07, 6.45) is 7.29. The molecule has 0 bridgehead atoms. The quantitative estimate of drug-likeness (QED) is 0.0875. The molecule has 0 spiro atoms. The monoisotopic (exact) mass is 937 g/mol. The number of carboxylic acids is 1. The fraction of sp³-hybridized carbons (Fsp3) is 0.700. The summed E-state index contributed by atoms with van der Waals surface area (Å²) in [5.41, 5.74) is 0.783. The number of likely N-dealkylation sites (N-methyl/N-ethyl adjacent to an activating group) is 1. The lowest BCUT2D eigenvalue weighted by Gasteiger charge is -2.41. The van der Waals surface area contributed by atoms with Crippen LogP contribution in [0.25, 0.3) is 0 Å². The van der Waals surface area contributed by atoms with E-state index in [4.69, 9.17) is 14.5 Å². The van der Waals surface area contributed by atoms with Gasteiger partial charge in [-0.15, -0.1) is 0 Å². The summed E-state index contributed by atoms with van der Waals surface area (Å²) in [6.45, 7) is 13.9. The van der Waals surface area contributed by atoms with Crippen LogP contribution >= 0.6 is 0 Å². The predicted octanol–water partition coefficient (Wildman–Crippen LogP) is 3.76. The molecule has 374 valence electrons. The van der Waals surface area contributed by atoms with Gasteiger partial charge in [0.05, 0.1) is 36.6 Å². The van der Waals surface area contributed by atoms with Gasteiger partial charge >= 0.3 is 5.97 Å². The van der Waals surface area contributed by atoms with Crippen molar-refractivity contribution in [2.24, 2.45) is 22.7 Å². The van der Waals surface area contributed by atoms with E-state index in [1.54, 1.807) is 37.0 Å². The maximum atomic E-state index is 14.7. The van der Waals surface area contributed by atoms with Crippen LogP contribution in [0.1, 0.15) is 91.5 Å². The third-order valence-electron chi connectivity index (χ3n) is 13.8. The number of nitrogens with zero attached hydrogens (tertiary/aromatic N) is 7. The summed E-state index contributed by atoms with van der Waals surface area (Å²) in [4.78, 5) is 96.3. The second kappa shape index (κ2) is 26.5. The maximum absolute atomic E-state index is 14.7. The SMILES string of the molecule is CC[C@H](C)[C@@H]([C@@H](CC(=O)N1CCC[C@H]1[C@H](OC)[C@@H](C)C(=O)N[C@@H](Cc1ccccc1)C(=O)O)OC)N(C)C(=O)[C@@H](/N=C(\N(C)C)N1CCN(C(=O)CCCCCN2CC=CC2=O)CC1)C(C)C. The summed E-state index contributed by atoms with van der Waals surface area (Å²) >= 11 is 0. The first kappa shape index (κ1) is 54.6. The van der Waals surface area contributed by atoms with E-state index in [1.165, 1.54) is 7.11 Å². The molecule has 4 rings (SSSR count). The van der Waals surface area contributed by atoms with Gasteiger partial charge < -0.3 is 49.3 Å². The largest absolute Gasteiger partial charge is 0.480 e. The van der Waals surface area contributed by atoms with Gasteiger partial charge in [-0.3, -0.25) is 24.0 Å². The van der Waals surface area contributed by atoms with Gasteiger partial charge in [-0.25, -0.2) is 9.79 Å². The highest BCUT2D eigenvalue weighted by atomic mass is 16.5. The number of carbonyl (C=O) groups excluding carboxylic acids is 5. The van der Waals surface area contributed by atoms with Gasteiger partial charge in [0, 0.05) is 100 Å². The fourth-order valence-corrected chi connectivity index (χ4v) is 9.71. The molecular weight excluding hydrogens is 857 g/mol. The summed E-state index contributed by atoms with van der Waals surface area (Å²) in [7, 11) is 8.66. The van der Waals surface area contributed by atoms with E-state index in [1.807, 2.05) is 79.1 Å². The molecule has 8 atom stereocenters. The first-order chi connectivity index (χ1) is 31.9. The minimum atomic E-state index is -1.14. The number of piperazine rings is 1. The van der Waals surface area contributed by atoms with Crippen LogP contribution < -0.4 is 5.32 Å². The average molecular weight is 937 g/mol. The van der Waals surface area contributed by atoms with E-state index in [0.717, 1.165) is 31.2 Å². The molecule has 17 heteroatoms. The van der Waals surface area contributed by atoms with Crippen LogP contribution in [0.2, 0.25) is 0 Å². The molecule has 1 aromatic carbocycles. The van der Waals surface area contributed by atoms with E-state index in [0.29, 0.717) is 71.0 Å². The number of aliphatic imine (C=N–C) groups is 1. The van der Waals surface area contributed by atoms with Crippen LogP contribution in [0.5, 0.6) is 0 Å². The molecule has 2 saturated heterocycles. The molecule has 2 N–H and O–H groups in total. The Bertz CT molecular complexity index is 1850. The zero-order valence-electron chi connectivity index (χ0n) is 41.9. The first-order valence-corrected chi connectivity index (χ1v) is 24.4. The number of aliphatic carboxylic acids is 1. The number of nitrogens with one attached hydrogen (secondary N) is 1. The molecule has 3 aliphatic heterocycles. The number of amides is 5. The van der Waals surface area contributed by atoms with Crippen LogP contribution in [0, 0.1) is 17.8 Å². The number of benzene rings is 1. The van der Waals surface area contributed by atoms with Gasteiger partial charge in [-0.05, 0) is 43.1 Å². The van der Waals surface area contributed by atoms with Gasteiger partial charge in [-0.1, -0.05) is 83.9 Å². The topological polar surface area (TPSA) is 185 Å². The molecule has 17 nitrogen and oxygen atoms in total. The number of hydrogen-bond acceptors (Lipinski definition) is 9. The summed E-state index contributed by atoms with van der Waals surface area (Å²) < 4.78 is 12.0. The van der Waals surface area contributed by atoms with Crippen LogP contribution in [0.4, 0.5) is 0 Å². The standard InChI is InChI=1S/C50H80N8O9/c1-11-35(4)45(40(66-9)33-43(61)58-27-18-22-39(58)46(67-10)36(5)47(62)51-38(49(64)65)32-37-20-14-12-15-21-37)54(8)48(63)44(34(2)3)52-50(53(6)7)57-30-28-56(29-31-57)41(59)23-16-13-17-25-55-26-19-24-42(55)60/h12,14-15,19-21,24,34-36,38-40,44-46H,11,13,16-18,22-23,25-33H2,1-10H3,(H,51,62)(H,64,65)/b52-50+/t35-,36+,38-,39-,40+,44-,45-,46+/m0/s1. The number of guanidine groups is 1. The maximum Gasteiger partial charge on any atom is 0.326 e. The number of ether oxygens (including phenoxy) is 2. The third kappa shape index (κ3) is 15.0. The highest BCUT2D eigenvalue weighted by molar-refractivity contribution is 5.90. The van der Waals surface area contributed by atoms with Crippen molar-refractivity contribution in [1.82, 2.24) is 34.7 Å². The second-order valence-corrected chi connectivity index (χ2v) is 19.1. The lowest BCUT2D eigenvalue weighted by Crippen LogP contribution is -2.56. The Morgan fingerprint density at radius 3 is 2.13 bits per heavy atom. The molecule has 1 aromatic rings. The molecule has 3 heterocycles. The van der Waals surface area contributed by atoms with Gasteiger partial charge in [0.1, 0.15) is 12.1 Å². The molecule has 0 aliphatic carbocycles. The normalized spacial score (nSPS) is 19.8. The summed E-state index contributed by atoms with van der Waals surface area (Å²) in [5, 5.41) is 12.7. The average Bonchev–Trinajstić information content (AvgIpc) is 3.97. The second-order valence-electron chi connectivity index (χ2n) is 19.1. The molecule has 5 amide bonds. The van der Waals surface area contributed by atoms with Crippen LogP contribution in [0.3, 0.4) is 0 Å². The fourth-order valence-electron chi connectivity index (χ4n) is 9.71. The highest BCUT2D eigenvalue weighted by Gasteiger charge is 2.43. The molecular formula is C50H80N8O9. The van der Waals surface area contributed by atoms with Crippen molar-refractivity contribution >= 4 is 41.5 Å². The number of likely N-dealkylation sites (tertiary alicyclic amines) is 1. The van der Waals surface area contributed by atoms with Crippen LogP contribution in [-0.2, 0) is 44.7 Å². The molecule has 0 saturated carbocycles. The minimum absolute atomic E-state index is 0.00626. The Morgan fingerprint density at radius 1 is 0.896 bits per heavy atom. The zero-order valence-corrected chi connectivity index (χ0v) is 41.9. The van der Waals surface area contributed by atoms with Crippen molar-refractivity contribution in [3.8, 4) is 0 Å². The predicted molar refractivity (Wildman–Crippen MR) is 258 cm³/mol. The van der Waals surface area contributed by atoms with Crippen molar-refractivity contribution in [2.45, 2.75) is 129 Å². The van der Waals surface area contributed by atoms with Gasteiger partial charge in [0.2, 0.25) is 29.5 Å². The Labute approximate surface area is 399 Å². The van der Waals surface area contributed by atoms with Crippen molar-refractivity contribution in [1.29, 1.82) is 0 Å². The van der Waals surface area contributed by atoms with Crippen LogP contribution in [0.15, 0.2) is 47.5 Å². The van der Waals surface area contributed by atoms with Gasteiger partial charge in [0.25, 0.3) is 0 Å². The van der Waals surface area contributed by atoms with Crippen molar-refractivity contribution in [2.75, 3.05) is 81.2 Å². The smallest absolute Gasteiger partial charge is 0.326 e. The Kier molecular flexibility index (Phi) is 21.6. The van der Waals surface area contributed by atoms with Crippen LogP contribution in [-0.4, -0.2) is 194 Å². The van der Waals surface area contributed by atoms with E-state index in [-0.39, 0.29) is 48.3 Å². The first-order valence-electron chi connectivity index (χ1n) is 24.4.